The largest absolute Gasteiger partial charge is 0.416 e. The van der Waals surface area contributed by atoms with Crippen LogP contribution in [-0.2, 0) is 32.6 Å². The number of piperidine rings is 1. The van der Waals surface area contributed by atoms with Crippen molar-refractivity contribution in [2.45, 2.75) is 63.0 Å². The van der Waals surface area contributed by atoms with E-state index in [9.17, 15) is 43.9 Å². The summed E-state index contributed by atoms with van der Waals surface area (Å²) < 4.78 is 121. The Hall–Kier alpha value is -2.71. The topological polar surface area (TPSA) is 60.9 Å². The maximum absolute atomic E-state index is 14.0. The smallest absolute Gasteiger partial charge is 0.341 e. The lowest BCUT2D eigenvalue weighted by molar-refractivity contribution is -0.144. The van der Waals surface area contributed by atoms with Crippen LogP contribution in [0.1, 0.15) is 54.0 Å². The molecule has 6 nitrogen and oxygen atoms in total. The molecular formula is C29H34F7N3O3S. The van der Waals surface area contributed by atoms with Gasteiger partial charge in [-0.15, -0.1) is 0 Å². The highest BCUT2D eigenvalue weighted by atomic mass is 32.2. The molecule has 0 spiro atoms. The predicted molar refractivity (Wildman–Crippen MR) is 146 cm³/mol. The Morgan fingerprint density at radius 2 is 1.44 bits per heavy atom. The summed E-state index contributed by atoms with van der Waals surface area (Å²) in [7, 11) is -1.87. The Morgan fingerprint density at radius 3 is 1.93 bits per heavy atom. The third kappa shape index (κ3) is 6.85. The van der Waals surface area contributed by atoms with Crippen LogP contribution in [0.2, 0.25) is 0 Å². The summed E-state index contributed by atoms with van der Waals surface area (Å²) in [5, 5.41) is 0. The van der Waals surface area contributed by atoms with E-state index in [0.717, 1.165) is 11.8 Å². The molecule has 2 heterocycles. The second kappa shape index (κ2) is 11.3. The zero-order valence-corrected chi connectivity index (χ0v) is 25.2. The van der Waals surface area contributed by atoms with Gasteiger partial charge in [-0.3, -0.25) is 9.69 Å². The van der Waals surface area contributed by atoms with Crippen LogP contribution in [0.3, 0.4) is 0 Å². The van der Waals surface area contributed by atoms with Crippen LogP contribution in [0.25, 0.3) is 0 Å². The summed E-state index contributed by atoms with van der Waals surface area (Å²) in [6.45, 7) is 5.78. The number of aryl methyl sites for hydroxylation is 1. The average molecular weight is 638 g/mol. The van der Waals surface area contributed by atoms with E-state index in [-0.39, 0.29) is 12.1 Å². The van der Waals surface area contributed by atoms with Gasteiger partial charge in [0.1, 0.15) is 5.82 Å². The summed E-state index contributed by atoms with van der Waals surface area (Å²) in [6, 6.07) is 4.86. The Bertz CT molecular complexity index is 1450. The van der Waals surface area contributed by atoms with Gasteiger partial charge in [-0.25, -0.2) is 12.8 Å². The monoisotopic (exact) mass is 637 g/mol. The van der Waals surface area contributed by atoms with Gasteiger partial charge in [0.2, 0.25) is 15.9 Å². The van der Waals surface area contributed by atoms with Gasteiger partial charge in [0.25, 0.3) is 0 Å². The number of alkyl halides is 6. The molecule has 4 rings (SSSR count). The quantitative estimate of drug-likeness (QED) is 0.398. The molecule has 0 N–H and O–H groups in total. The Labute approximate surface area is 246 Å². The van der Waals surface area contributed by atoms with Crippen molar-refractivity contribution in [1.82, 2.24) is 14.1 Å². The molecule has 14 heteroatoms. The van der Waals surface area contributed by atoms with E-state index in [1.807, 2.05) is 0 Å². The highest BCUT2D eigenvalue weighted by Crippen LogP contribution is 2.41. The summed E-state index contributed by atoms with van der Waals surface area (Å²) in [5.41, 5.74) is -3.83. The number of hydrogen-bond donors (Lipinski definition) is 0. The molecule has 0 saturated carbocycles. The number of hydrogen-bond acceptors (Lipinski definition) is 4. The van der Waals surface area contributed by atoms with Crippen molar-refractivity contribution in [1.29, 1.82) is 0 Å². The third-order valence-corrected chi connectivity index (χ3v) is 9.95. The van der Waals surface area contributed by atoms with Crippen LogP contribution in [0.15, 0.2) is 36.4 Å². The van der Waals surface area contributed by atoms with Crippen LogP contribution in [0, 0.1) is 12.7 Å². The molecule has 1 amide bonds. The van der Waals surface area contributed by atoms with E-state index in [2.05, 4.69) is 4.90 Å². The van der Waals surface area contributed by atoms with Crippen LogP contribution in [0.5, 0.6) is 0 Å². The fourth-order valence-corrected chi connectivity index (χ4v) is 6.96. The molecule has 2 aromatic rings. The van der Waals surface area contributed by atoms with Crippen LogP contribution < -0.4 is 0 Å². The number of sulfonamides is 1. The van der Waals surface area contributed by atoms with E-state index in [4.69, 9.17) is 0 Å². The fourth-order valence-electron chi connectivity index (χ4n) is 6.07. The van der Waals surface area contributed by atoms with Crippen molar-refractivity contribution in [2.24, 2.45) is 0 Å². The van der Waals surface area contributed by atoms with Crippen molar-refractivity contribution in [3.8, 4) is 0 Å². The van der Waals surface area contributed by atoms with Gasteiger partial charge in [0.15, 0.2) is 0 Å². The minimum Gasteiger partial charge on any atom is -0.341 e. The van der Waals surface area contributed by atoms with Gasteiger partial charge in [-0.1, -0.05) is 6.07 Å². The van der Waals surface area contributed by atoms with Crippen LogP contribution in [-0.4, -0.2) is 80.0 Å². The van der Waals surface area contributed by atoms with Crippen molar-refractivity contribution in [3.05, 3.63) is 70.0 Å². The van der Waals surface area contributed by atoms with E-state index >= 15 is 0 Å². The first-order valence-electron chi connectivity index (χ1n) is 13.6. The number of likely N-dealkylation sites (N-methyl/N-ethyl adjacent to an activating group) is 1. The molecule has 0 radical (unpaired) electrons. The van der Waals surface area contributed by atoms with E-state index in [1.165, 1.54) is 42.2 Å². The molecule has 2 saturated heterocycles. The lowest BCUT2D eigenvalue weighted by atomic mass is 9.78. The lowest BCUT2D eigenvalue weighted by Gasteiger charge is -2.50. The molecule has 2 aliphatic rings. The van der Waals surface area contributed by atoms with Gasteiger partial charge < -0.3 is 4.90 Å². The maximum atomic E-state index is 14.0. The number of likely N-dealkylation sites (tertiary alicyclic amines) is 1. The fraction of sp³-hybridized carbons (Fsp3) is 0.552. The number of amides is 1. The second-order valence-corrected chi connectivity index (χ2v) is 14.0. The molecule has 0 bridgehead atoms. The van der Waals surface area contributed by atoms with Crippen LogP contribution in [0.4, 0.5) is 30.7 Å². The van der Waals surface area contributed by atoms with Crippen molar-refractivity contribution in [2.75, 3.05) is 39.5 Å². The van der Waals surface area contributed by atoms with E-state index in [1.54, 1.807) is 13.0 Å². The molecule has 2 aliphatic heterocycles. The number of rotatable bonds is 6. The number of nitrogens with zero attached hydrogens (tertiary/aromatic N) is 3. The summed E-state index contributed by atoms with van der Waals surface area (Å²) in [4.78, 5) is 17.4. The molecule has 0 unspecified atom stereocenters. The Kier molecular flexibility index (Phi) is 8.75. The summed E-state index contributed by atoms with van der Waals surface area (Å²) in [6.07, 6.45) is -8.60. The number of carbonyl (C=O) groups excluding carboxylic acids is 1. The van der Waals surface area contributed by atoms with Crippen molar-refractivity contribution < 1.29 is 43.9 Å². The van der Waals surface area contributed by atoms with E-state index in [0.29, 0.717) is 50.3 Å². The third-order valence-electron chi connectivity index (χ3n) is 8.72. The SMILES string of the molecule is Cc1cc(F)ccc1[C@H]1CN(C2CN(S(C)(=O)=O)C2)CC[C@@H]1N(C)C(=O)C(C)(C)c1cc(C(F)(F)F)cc(C(F)(F)F)c1. The zero-order chi connectivity index (χ0) is 32.3. The molecular weight excluding hydrogens is 603 g/mol. The van der Waals surface area contributed by atoms with Gasteiger partial charge in [0.05, 0.1) is 22.8 Å². The van der Waals surface area contributed by atoms with Gasteiger partial charge >= 0.3 is 12.4 Å². The minimum atomic E-state index is -5.06. The maximum Gasteiger partial charge on any atom is 0.416 e. The number of carbonyl (C=O) groups is 1. The van der Waals surface area contributed by atoms with E-state index < -0.39 is 68.2 Å². The van der Waals surface area contributed by atoms with Crippen molar-refractivity contribution in [3.63, 3.8) is 0 Å². The van der Waals surface area contributed by atoms with Gasteiger partial charge in [-0.2, -0.15) is 30.6 Å². The zero-order valence-electron chi connectivity index (χ0n) is 24.4. The highest BCUT2D eigenvalue weighted by molar-refractivity contribution is 7.88. The molecule has 0 aromatic heterocycles. The van der Waals surface area contributed by atoms with Crippen molar-refractivity contribution >= 4 is 15.9 Å². The standard InChI is InChI=1S/C29H34F7N3O3S/c1-17-10-21(30)6-7-23(17)24-16-38(22-14-39(15-22)43(5,41)42)9-8-25(24)37(4)26(40)27(2,3)18-11-19(28(31,32)33)13-20(12-18)29(34,35)36/h6-7,10-13,22,24-25H,8-9,14-16H2,1-5H3/t24-,25+/m1/s1. The molecule has 43 heavy (non-hydrogen) atoms. The summed E-state index contributed by atoms with van der Waals surface area (Å²) >= 11 is 0. The molecule has 2 fully saturated rings. The van der Waals surface area contributed by atoms with Gasteiger partial charge in [0, 0.05) is 51.2 Å². The average Bonchev–Trinajstić information content (AvgIpc) is 2.84. The number of benzene rings is 2. The van der Waals surface area contributed by atoms with Crippen LogP contribution >= 0.6 is 0 Å². The molecule has 2 atom stereocenters. The Morgan fingerprint density at radius 1 is 0.907 bits per heavy atom. The highest BCUT2D eigenvalue weighted by Gasteiger charge is 2.46. The number of halogens is 7. The second-order valence-electron chi connectivity index (χ2n) is 12.0. The minimum absolute atomic E-state index is 0.0300. The normalized spacial score (nSPS) is 21.5. The molecule has 0 aliphatic carbocycles. The molecule has 238 valence electrons. The first-order chi connectivity index (χ1) is 19.6. The first kappa shape index (κ1) is 33.2. The predicted octanol–water partition coefficient (Wildman–Crippen LogP) is 5.41. The lowest BCUT2D eigenvalue weighted by Crippen LogP contribution is -2.64. The molecule has 2 aromatic carbocycles. The Balaban J connectivity index is 1.67. The summed E-state index contributed by atoms with van der Waals surface area (Å²) in [5.74, 6) is -1.52. The first-order valence-corrected chi connectivity index (χ1v) is 15.5. The van der Waals surface area contributed by atoms with Gasteiger partial charge in [-0.05, 0) is 74.2 Å².